The van der Waals surface area contributed by atoms with Gasteiger partial charge in [-0.05, 0) is 67.9 Å². The number of rotatable bonds is 8. The van der Waals surface area contributed by atoms with Gasteiger partial charge in [0, 0.05) is 30.8 Å². The van der Waals surface area contributed by atoms with E-state index >= 15 is 0 Å². The number of nitrogens with zero attached hydrogens (tertiary/aromatic N) is 2. The zero-order valence-corrected chi connectivity index (χ0v) is 27.0. The summed E-state index contributed by atoms with van der Waals surface area (Å²) in [5.74, 6) is -5.69. The number of carbonyl (C=O) groups is 4. The fraction of sp³-hybridized carbons (Fsp3) is 0.424. The summed E-state index contributed by atoms with van der Waals surface area (Å²) in [7, 11) is 1.70. The van der Waals surface area contributed by atoms with E-state index in [2.05, 4.69) is 4.98 Å². The Morgan fingerprint density at radius 1 is 0.902 bits per heavy atom. The molecule has 2 unspecified atom stereocenters. The molecule has 51 heavy (non-hydrogen) atoms. The number of fused-ring (bicyclic) bond motifs is 1. The van der Waals surface area contributed by atoms with Gasteiger partial charge in [0.2, 0.25) is 5.91 Å². The number of aromatic nitrogens is 1. The number of alkyl halides is 6. The third-order valence-electron chi connectivity index (χ3n) is 8.35. The second-order valence-corrected chi connectivity index (χ2v) is 11.5. The molecule has 0 spiro atoms. The second kappa shape index (κ2) is 17.8. The lowest BCUT2D eigenvalue weighted by Crippen LogP contribution is -2.52. The standard InChI is InChI=1S/C29H33N3O5.2C2HF3O2/c1-36-22-10-8-20(9-11-22)27(28(33)31-35)32-17-15-25(29(32)34)19-6-12-23(13-7-19)37-18-21-14-16-30-26-5-3-2-4-24(21)26;2*3-2(4,5)1(6)7/h2-7,12-14,16,20,22,25,27,35H,8-11,15,17-18H2,1H3,(H,31,33);2*(H,6,7). The van der Waals surface area contributed by atoms with Crippen molar-refractivity contribution in [1.29, 1.82) is 0 Å². The van der Waals surface area contributed by atoms with Crippen LogP contribution in [-0.2, 0) is 30.5 Å². The van der Waals surface area contributed by atoms with Crippen molar-refractivity contribution in [3.8, 4) is 5.75 Å². The largest absolute Gasteiger partial charge is 0.490 e. The number of methoxy groups -OCH3 is 1. The van der Waals surface area contributed by atoms with Crippen molar-refractivity contribution >= 4 is 34.7 Å². The number of para-hydroxylation sites is 1. The smallest absolute Gasteiger partial charge is 0.489 e. The zero-order chi connectivity index (χ0) is 37.9. The van der Waals surface area contributed by atoms with Gasteiger partial charge in [0.05, 0.1) is 17.5 Å². The molecule has 1 saturated heterocycles. The van der Waals surface area contributed by atoms with Crippen LogP contribution in [0.3, 0.4) is 0 Å². The van der Waals surface area contributed by atoms with Crippen molar-refractivity contribution in [2.24, 2.45) is 5.92 Å². The molecule has 2 atom stereocenters. The molecule has 2 aromatic carbocycles. The van der Waals surface area contributed by atoms with E-state index < -0.39 is 36.2 Å². The highest BCUT2D eigenvalue weighted by Crippen LogP contribution is 2.37. The predicted molar refractivity (Wildman–Crippen MR) is 165 cm³/mol. The van der Waals surface area contributed by atoms with Gasteiger partial charge in [-0.2, -0.15) is 26.3 Å². The van der Waals surface area contributed by atoms with Gasteiger partial charge in [-0.1, -0.05) is 30.3 Å². The Bertz CT molecular complexity index is 1620. The molecule has 1 aliphatic heterocycles. The molecule has 18 heteroatoms. The van der Waals surface area contributed by atoms with Crippen LogP contribution in [-0.4, -0.2) is 87.2 Å². The van der Waals surface area contributed by atoms with Gasteiger partial charge in [-0.3, -0.25) is 19.8 Å². The van der Waals surface area contributed by atoms with Crippen molar-refractivity contribution in [2.75, 3.05) is 13.7 Å². The van der Waals surface area contributed by atoms with Crippen LogP contribution in [0.1, 0.15) is 49.1 Å². The summed E-state index contributed by atoms with van der Waals surface area (Å²) in [6.45, 7) is 0.904. The van der Waals surface area contributed by atoms with Crippen LogP contribution in [0, 0.1) is 5.92 Å². The third kappa shape index (κ3) is 11.3. The first-order valence-electron chi connectivity index (χ1n) is 15.4. The normalized spacial score (nSPS) is 19.6. The number of hydrogen-bond acceptors (Lipinski definition) is 8. The van der Waals surface area contributed by atoms with Crippen LogP contribution in [0.2, 0.25) is 0 Å². The molecule has 5 rings (SSSR count). The number of amides is 2. The number of hydroxylamine groups is 1. The average molecular weight is 732 g/mol. The summed E-state index contributed by atoms with van der Waals surface area (Å²) >= 11 is 0. The number of carboxylic acids is 2. The maximum absolute atomic E-state index is 13.5. The molecule has 278 valence electrons. The van der Waals surface area contributed by atoms with Crippen LogP contribution in [0.5, 0.6) is 5.75 Å². The minimum atomic E-state index is -5.08. The third-order valence-corrected chi connectivity index (χ3v) is 8.35. The topological polar surface area (TPSA) is 176 Å². The molecule has 1 saturated carbocycles. The van der Waals surface area contributed by atoms with Gasteiger partial charge in [-0.25, -0.2) is 15.1 Å². The molecule has 0 bridgehead atoms. The summed E-state index contributed by atoms with van der Waals surface area (Å²) in [6, 6.07) is 16.9. The summed E-state index contributed by atoms with van der Waals surface area (Å²) in [5.41, 5.74) is 4.70. The lowest BCUT2D eigenvalue weighted by atomic mass is 9.81. The van der Waals surface area contributed by atoms with Crippen LogP contribution in [0.15, 0.2) is 60.8 Å². The van der Waals surface area contributed by atoms with Crippen molar-refractivity contribution in [3.63, 3.8) is 0 Å². The maximum atomic E-state index is 13.5. The van der Waals surface area contributed by atoms with Crippen LogP contribution < -0.4 is 10.2 Å². The molecular formula is C33H35F6N3O9. The van der Waals surface area contributed by atoms with E-state index in [1.165, 1.54) is 0 Å². The second-order valence-electron chi connectivity index (χ2n) is 11.5. The summed E-state index contributed by atoms with van der Waals surface area (Å²) < 4.78 is 75.0. The Balaban J connectivity index is 0.000000424. The van der Waals surface area contributed by atoms with E-state index in [-0.39, 0.29) is 23.8 Å². The number of benzene rings is 2. The molecule has 12 nitrogen and oxygen atoms in total. The van der Waals surface area contributed by atoms with E-state index in [9.17, 15) is 41.1 Å². The lowest BCUT2D eigenvalue weighted by molar-refractivity contribution is -0.193. The highest BCUT2D eigenvalue weighted by molar-refractivity contribution is 5.92. The first-order valence-corrected chi connectivity index (χ1v) is 15.4. The number of carboxylic acid groups (broad SMARTS) is 2. The lowest BCUT2D eigenvalue weighted by Gasteiger charge is -2.37. The highest BCUT2D eigenvalue weighted by atomic mass is 19.4. The van der Waals surface area contributed by atoms with Gasteiger partial charge in [-0.15, -0.1) is 0 Å². The van der Waals surface area contributed by atoms with Crippen molar-refractivity contribution in [3.05, 3.63) is 71.9 Å². The van der Waals surface area contributed by atoms with Crippen molar-refractivity contribution in [2.45, 2.75) is 69.1 Å². The van der Waals surface area contributed by atoms with Crippen LogP contribution in [0.25, 0.3) is 10.9 Å². The van der Waals surface area contributed by atoms with Crippen LogP contribution in [0.4, 0.5) is 26.3 Å². The average Bonchev–Trinajstić information content (AvgIpc) is 3.47. The Labute approximate surface area is 286 Å². The molecule has 2 fully saturated rings. The molecule has 2 amide bonds. The highest BCUT2D eigenvalue weighted by Gasteiger charge is 2.44. The van der Waals surface area contributed by atoms with Crippen LogP contribution >= 0.6 is 0 Å². The first-order chi connectivity index (χ1) is 24.0. The number of pyridine rings is 1. The van der Waals surface area contributed by atoms with Gasteiger partial charge in [0.15, 0.2) is 0 Å². The van der Waals surface area contributed by atoms with E-state index in [0.717, 1.165) is 53.5 Å². The van der Waals surface area contributed by atoms with Gasteiger partial charge in [0.25, 0.3) is 5.91 Å². The fourth-order valence-electron chi connectivity index (χ4n) is 5.84. The van der Waals surface area contributed by atoms with Crippen molar-refractivity contribution < 1.29 is 70.4 Å². The van der Waals surface area contributed by atoms with Crippen molar-refractivity contribution in [1.82, 2.24) is 15.4 Å². The van der Waals surface area contributed by atoms with E-state index in [1.54, 1.807) is 23.7 Å². The Morgan fingerprint density at radius 2 is 1.47 bits per heavy atom. The van der Waals surface area contributed by atoms with Gasteiger partial charge < -0.3 is 24.6 Å². The van der Waals surface area contributed by atoms with E-state index in [4.69, 9.17) is 29.3 Å². The summed E-state index contributed by atoms with van der Waals surface area (Å²) in [4.78, 5) is 49.9. The molecule has 4 N–H and O–H groups in total. The number of hydrogen-bond donors (Lipinski definition) is 4. The Hall–Kier alpha value is -4.97. The number of ether oxygens (including phenoxy) is 2. The summed E-state index contributed by atoms with van der Waals surface area (Å²) in [5, 5.41) is 24.7. The number of nitrogens with one attached hydrogen (secondary N) is 1. The number of aliphatic carboxylic acids is 2. The SMILES string of the molecule is COC1CCC(C(C(=O)NO)N2CCC(c3ccc(OCc4ccnc5ccccc45)cc3)C2=O)CC1.O=C(O)C(F)(F)F.O=C(O)C(F)(F)F. The molecule has 0 radical (unpaired) electrons. The molecule has 3 aromatic rings. The Morgan fingerprint density at radius 3 is 2.00 bits per heavy atom. The molecule has 1 aromatic heterocycles. The van der Waals surface area contributed by atoms with E-state index in [0.29, 0.717) is 19.6 Å². The molecule has 1 aliphatic carbocycles. The fourth-order valence-corrected chi connectivity index (χ4v) is 5.84. The molecular weight excluding hydrogens is 696 g/mol. The van der Waals surface area contributed by atoms with E-state index in [1.807, 2.05) is 54.6 Å². The quantitative estimate of drug-likeness (QED) is 0.132. The maximum Gasteiger partial charge on any atom is 0.490 e. The Kier molecular flexibility index (Phi) is 14.1. The first kappa shape index (κ1) is 40.5. The van der Waals surface area contributed by atoms with Gasteiger partial charge >= 0.3 is 24.3 Å². The zero-order valence-electron chi connectivity index (χ0n) is 27.0. The van der Waals surface area contributed by atoms with Gasteiger partial charge in [0.1, 0.15) is 18.4 Å². The molecule has 2 heterocycles. The number of halogens is 6. The molecule has 2 aliphatic rings. The monoisotopic (exact) mass is 731 g/mol. The predicted octanol–water partition coefficient (Wildman–Crippen LogP) is 5.48. The summed E-state index contributed by atoms with van der Waals surface area (Å²) in [6.07, 6.45) is -4.31. The minimum absolute atomic E-state index is 0.00120. The number of likely N-dealkylation sites (tertiary alicyclic amines) is 1. The minimum Gasteiger partial charge on any atom is -0.489 e. The number of carbonyl (C=O) groups excluding carboxylic acids is 2.